The van der Waals surface area contributed by atoms with Gasteiger partial charge < -0.3 is 15.1 Å². The first-order valence-electron chi connectivity index (χ1n) is 7.61. The van der Waals surface area contributed by atoms with E-state index >= 15 is 0 Å². The predicted molar refractivity (Wildman–Crippen MR) is 85.3 cm³/mol. The smallest absolute Gasteiger partial charge is 0.223 e. The molecule has 1 N–H and O–H groups in total. The van der Waals surface area contributed by atoms with E-state index in [1.807, 2.05) is 0 Å². The molecule has 0 bridgehead atoms. The number of nitrogens with zero attached hydrogens (tertiary/aromatic N) is 4. The van der Waals surface area contributed by atoms with Crippen LogP contribution in [0, 0.1) is 17.2 Å². The van der Waals surface area contributed by atoms with Gasteiger partial charge in [-0.15, -0.1) is 0 Å². The second-order valence-corrected chi connectivity index (χ2v) is 5.89. The molecule has 0 saturated carbocycles. The zero-order chi connectivity index (χ0) is 15.9. The first-order chi connectivity index (χ1) is 10.6. The van der Waals surface area contributed by atoms with Crippen LogP contribution in [0.4, 0.5) is 5.82 Å². The van der Waals surface area contributed by atoms with Crippen molar-refractivity contribution in [1.29, 1.82) is 5.26 Å². The maximum absolute atomic E-state index is 11.6. The normalized spacial score (nSPS) is 18.0. The van der Waals surface area contributed by atoms with Gasteiger partial charge in [-0.1, -0.05) is 0 Å². The molecule has 2 rings (SSSR count). The van der Waals surface area contributed by atoms with Gasteiger partial charge in [0.25, 0.3) is 0 Å². The Morgan fingerprint density at radius 1 is 1.59 bits per heavy atom. The topological polar surface area (TPSA) is 72.3 Å². The quantitative estimate of drug-likeness (QED) is 0.854. The molecule has 2 heterocycles. The van der Waals surface area contributed by atoms with Gasteiger partial charge in [-0.2, -0.15) is 5.26 Å². The molecule has 1 saturated heterocycles. The minimum Gasteiger partial charge on any atom is -0.369 e. The van der Waals surface area contributed by atoms with Crippen molar-refractivity contribution in [3.05, 3.63) is 23.9 Å². The van der Waals surface area contributed by atoms with E-state index < -0.39 is 0 Å². The van der Waals surface area contributed by atoms with E-state index in [4.69, 9.17) is 5.26 Å². The summed E-state index contributed by atoms with van der Waals surface area (Å²) in [5, 5.41) is 12.3. The summed E-state index contributed by atoms with van der Waals surface area (Å²) in [4.78, 5) is 19.8. The van der Waals surface area contributed by atoms with Crippen LogP contribution in [0.15, 0.2) is 18.3 Å². The van der Waals surface area contributed by atoms with Crippen LogP contribution < -0.4 is 5.32 Å². The van der Waals surface area contributed by atoms with Gasteiger partial charge in [-0.05, 0) is 31.0 Å². The Bertz CT molecular complexity index is 552. The number of hydrogen-bond donors (Lipinski definition) is 1. The molecule has 1 aromatic heterocycles. The fourth-order valence-corrected chi connectivity index (χ4v) is 2.64. The number of hydrogen-bond acceptors (Lipinski definition) is 5. The van der Waals surface area contributed by atoms with Crippen LogP contribution in [0.5, 0.6) is 0 Å². The summed E-state index contributed by atoms with van der Waals surface area (Å²) < 4.78 is 0. The number of nitrogens with one attached hydrogen (secondary N) is 1. The van der Waals surface area contributed by atoms with Crippen LogP contribution in [0.25, 0.3) is 0 Å². The molecule has 6 nitrogen and oxygen atoms in total. The van der Waals surface area contributed by atoms with Gasteiger partial charge in [-0.3, -0.25) is 4.79 Å². The summed E-state index contributed by atoms with van der Waals surface area (Å²) in [5.74, 6) is 1.36. The van der Waals surface area contributed by atoms with Crippen LogP contribution >= 0.6 is 0 Å². The molecule has 6 heteroatoms. The minimum atomic E-state index is 0.175. The highest BCUT2D eigenvalue weighted by atomic mass is 16.2. The summed E-state index contributed by atoms with van der Waals surface area (Å²) in [6.07, 6.45) is 3.38. The van der Waals surface area contributed by atoms with E-state index in [0.29, 0.717) is 23.7 Å². The number of likely N-dealkylation sites (tertiary alicyclic amines) is 1. The maximum Gasteiger partial charge on any atom is 0.223 e. The van der Waals surface area contributed by atoms with Crippen molar-refractivity contribution in [2.45, 2.75) is 12.8 Å². The third kappa shape index (κ3) is 4.43. The number of nitriles is 1. The molecular formula is C16H23N5O. The van der Waals surface area contributed by atoms with Gasteiger partial charge >= 0.3 is 0 Å². The third-order valence-electron chi connectivity index (χ3n) is 4.00. The lowest BCUT2D eigenvalue weighted by molar-refractivity contribution is -0.128. The van der Waals surface area contributed by atoms with E-state index in [0.717, 1.165) is 32.6 Å². The van der Waals surface area contributed by atoms with Gasteiger partial charge in [-0.25, -0.2) is 4.98 Å². The van der Waals surface area contributed by atoms with Crippen molar-refractivity contribution in [2.75, 3.05) is 45.6 Å². The molecule has 1 aliphatic rings. The van der Waals surface area contributed by atoms with Gasteiger partial charge in [0.1, 0.15) is 11.9 Å². The van der Waals surface area contributed by atoms with Crippen molar-refractivity contribution in [1.82, 2.24) is 14.8 Å². The number of rotatable bonds is 6. The Balaban J connectivity index is 1.75. The lowest BCUT2D eigenvalue weighted by Gasteiger charge is -2.17. The molecule has 118 valence electrons. The fourth-order valence-electron chi connectivity index (χ4n) is 2.64. The maximum atomic E-state index is 11.6. The van der Waals surface area contributed by atoms with Gasteiger partial charge in [0, 0.05) is 46.3 Å². The summed E-state index contributed by atoms with van der Waals surface area (Å²) in [6.45, 7) is 3.65. The lowest BCUT2D eigenvalue weighted by atomic mass is 10.1. The number of amides is 1. The molecule has 1 aromatic rings. The standard InChI is InChI=1S/C16H23N5O/c1-20(2)15(22)6-9-21-8-5-13(12-21)11-19-16-14(10-17)4-3-7-18-16/h3-4,7,13H,5-6,8-9,11-12H2,1-2H3,(H,18,19)/t13-/m1/s1. The molecule has 1 fully saturated rings. The second kappa shape index (κ2) is 7.76. The van der Waals surface area contributed by atoms with E-state index in [9.17, 15) is 4.79 Å². The molecule has 22 heavy (non-hydrogen) atoms. The number of aromatic nitrogens is 1. The molecular weight excluding hydrogens is 278 g/mol. The molecule has 1 aliphatic heterocycles. The molecule has 0 unspecified atom stereocenters. The van der Waals surface area contributed by atoms with Crippen LogP contribution in [0.3, 0.4) is 0 Å². The molecule has 1 amide bonds. The molecule has 1 atom stereocenters. The zero-order valence-electron chi connectivity index (χ0n) is 13.2. The molecule has 0 spiro atoms. The highest BCUT2D eigenvalue weighted by Gasteiger charge is 2.23. The Hall–Kier alpha value is -2.13. The first kappa shape index (κ1) is 16.2. The highest BCUT2D eigenvalue weighted by Crippen LogP contribution is 2.18. The molecule has 0 aliphatic carbocycles. The largest absolute Gasteiger partial charge is 0.369 e. The van der Waals surface area contributed by atoms with Crippen LogP contribution in [0.1, 0.15) is 18.4 Å². The Morgan fingerprint density at radius 2 is 2.41 bits per heavy atom. The highest BCUT2D eigenvalue weighted by molar-refractivity contribution is 5.75. The lowest BCUT2D eigenvalue weighted by Crippen LogP contribution is -2.29. The van der Waals surface area contributed by atoms with Crippen molar-refractivity contribution in [3.8, 4) is 6.07 Å². The van der Waals surface area contributed by atoms with Crippen molar-refractivity contribution in [2.24, 2.45) is 5.92 Å². The molecule has 0 radical (unpaired) electrons. The summed E-state index contributed by atoms with van der Waals surface area (Å²) in [5.41, 5.74) is 0.578. The predicted octanol–water partition coefficient (Wildman–Crippen LogP) is 1.17. The Kier molecular flexibility index (Phi) is 5.73. The van der Waals surface area contributed by atoms with Crippen molar-refractivity contribution < 1.29 is 4.79 Å². The van der Waals surface area contributed by atoms with Crippen LogP contribution in [0.2, 0.25) is 0 Å². The average Bonchev–Trinajstić information content (AvgIpc) is 2.98. The van der Waals surface area contributed by atoms with Gasteiger partial charge in [0.15, 0.2) is 0 Å². The monoisotopic (exact) mass is 301 g/mol. The van der Waals surface area contributed by atoms with Crippen molar-refractivity contribution in [3.63, 3.8) is 0 Å². The Morgan fingerprint density at radius 3 is 3.14 bits per heavy atom. The van der Waals surface area contributed by atoms with E-state index in [-0.39, 0.29) is 5.91 Å². The summed E-state index contributed by atoms with van der Waals surface area (Å²) in [7, 11) is 3.58. The van der Waals surface area contributed by atoms with E-state index in [1.54, 1.807) is 37.3 Å². The van der Waals surface area contributed by atoms with E-state index in [2.05, 4.69) is 21.3 Å². The third-order valence-corrected chi connectivity index (χ3v) is 4.00. The SMILES string of the molecule is CN(C)C(=O)CCN1CC[C@H](CNc2ncccc2C#N)C1. The average molecular weight is 301 g/mol. The first-order valence-corrected chi connectivity index (χ1v) is 7.61. The number of pyridine rings is 1. The number of anilines is 1. The van der Waals surface area contributed by atoms with Crippen molar-refractivity contribution >= 4 is 11.7 Å². The number of carbonyl (C=O) groups excluding carboxylic acids is 1. The number of carbonyl (C=O) groups is 1. The second-order valence-electron chi connectivity index (χ2n) is 5.89. The van der Waals surface area contributed by atoms with E-state index in [1.165, 1.54) is 0 Å². The zero-order valence-corrected chi connectivity index (χ0v) is 13.2. The van der Waals surface area contributed by atoms with Gasteiger partial charge in [0.05, 0.1) is 5.56 Å². The van der Waals surface area contributed by atoms with Crippen LogP contribution in [-0.2, 0) is 4.79 Å². The molecule has 0 aromatic carbocycles. The fraction of sp³-hybridized carbons (Fsp3) is 0.562. The summed E-state index contributed by atoms with van der Waals surface area (Å²) >= 11 is 0. The minimum absolute atomic E-state index is 0.175. The van der Waals surface area contributed by atoms with Gasteiger partial charge in [0.2, 0.25) is 5.91 Å². The Labute approximate surface area is 131 Å². The summed E-state index contributed by atoms with van der Waals surface area (Å²) in [6, 6.07) is 5.68. The van der Waals surface area contributed by atoms with Crippen LogP contribution in [-0.4, -0.2) is 61.0 Å².